The van der Waals surface area contributed by atoms with Crippen LogP contribution in [-0.4, -0.2) is 59.7 Å². The SMILES string of the molecule is CN1CCC(N(C(=O)N2NC3c4cc(F)ccc4OC[C@H]3[C@H]2c2ccccc2)C2CC2)CC1. The Balaban J connectivity index is 1.36. The van der Waals surface area contributed by atoms with Crippen LogP contribution in [0.15, 0.2) is 48.5 Å². The summed E-state index contributed by atoms with van der Waals surface area (Å²) < 4.78 is 20.2. The molecule has 2 saturated heterocycles. The maximum atomic E-state index is 14.2. The van der Waals surface area contributed by atoms with E-state index >= 15 is 0 Å². The van der Waals surface area contributed by atoms with Crippen molar-refractivity contribution < 1.29 is 13.9 Å². The second-order valence-electron chi connectivity index (χ2n) is 9.94. The van der Waals surface area contributed by atoms with Crippen LogP contribution in [-0.2, 0) is 0 Å². The molecule has 3 atom stereocenters. The standard InChI is InChI=1S/C26H31FN4O2/c1-29-13-11-20(12-14-29)30(19-8-9-19)26(32)31-25(17-5-3-2-4-6-17)22-16-33-23-10-7-18(27)15-21(23)24(22)28-31/h2-7,10,15,19-20,22,24-25,28H,8-9,11-14,16H2,1H3/t22-,24?,25-/m1/s1. The summed E-state index contributed by atoms with van der Waals surface area (Å²) in [6.07, 6.45) is 4.16. The zero-order valence-corrected chi connectivity index (χ0v) is 19.0. The molecule has 1 saturated carbocycles. The van der Waals surface area contributed by atoms with Gasteiger partial charge < -0.3 is 14.5 Å². The Labute approximate surface area is 194 Å². The number of nitrogens with one attached hydrogen (secondary N) is 1. The van der Waals surface area contributed by atoms with E-state index < -0.39 is 0 Å². The van der Waals surface area contributed by atoms with Crippen molar-refractivity contribution in [2.75, 3.05) is 26.7 Å². The van der Waals surface area contributed by atoms with Crippen LogP contribution in [0, 0.1) is 11.7 Å². The molecule has 33 heavy (non-hydrogen) atoms. The Kier molecular flexibility index (Phi) is 5.26. The minimum absolute atomic E-state index is 0.00388. The first kappa shape index (κ1) is 20.9. The fraction of sp³-hybridized carbons (Fsp3) is 0.500. The van der Waals surface area contributed by atoms with Crippen LogP contribution in [0.5, 0.6) is 5.75 Å². The third-order valence-electron chi connectivity index (χ3n) is 7.72. The van der Waals surface area contributed by atoms with Crippen molar-refractivity contribution >= 4 is 6.03 Å². The Bertz CT molecular complexity index is 1020. The van der Waals surface area contributed by atoms with E-state index in [-0.39, 0.29) is 35.9 Å². The number of halogens is 1. The minimum atomic E-state index is -0.285. The maximum Gasteiger partial charge on any atom is 0.335 e. The van der Waals surface area contributed by atoms with Gasteiger partial charge >= 0.3 is 6.03 Å². The number of ether oxygens (including phenoxy) is 1. The number of carbonyl (C=O) groups is 1. The summed E-state index contributed by atoms with van der Waals surface area (Å²) in [4.78, 5) is 18.7. The van der Waals surface area contributed by atoms with Gasteiger partial charge in [-0.2, -0.15) is 0 Å². The highest BCUT2D eigenvalue weighted by Crippen LogP contribution is 2.49. The average Bonchev–Trinajstić information content (AvgIpc) is 3.59. The van der Waals surface area contributed by atoms with Crippen LogP contribution in [0.4, 0.5) is 9.18 Å². The number of hydrogen-bond acceptors (Lipinski definition) is 4. The zero-order chi connectivity index (χ0) is 22.5. The summed E-state index contributed by atoms with van der Waals surface area (Å²) in [6.45, 7) is 2.52. The number of nitrogens with zero attached hydrogens (tertiary/aromatic N) is 3. The number of hydrazine groups is 1. The van der Waals surface area contributed by atoms with Crippen molar-refractivity contribution in [3.05, 3.63) is 65.5 Å². The Hall–Kier alpha value is -2.64. The fourth-order valence-electron chi connectivity index (χ4n) is 5.85. The molecule has 0 spiro atoms. The Morgan fingerprint density at radius 3 is 2.52 bits per heavy atom. The lowest BCUT2D eigenvalue weighted by atomic mass is 9.84. The summed E-state index contributed by atoms with van der Waals surface area (Å²) in [7, 11) is 2.15. The maximum absolute atomic E-state index is 14.2. The Morgan fingerprint density at radius 1 is 1.06 bits per heavy atom. The number of hydrogen-bond donors (Lipinski definition) is 1. The molecule has 174 valence electrons. The van der Waals surface area contributed by atoms with Crippen molar-refractivity contribution in [1.82, 2.24) is 20.2 Å². The van der Waals surface area contributed by atoms with Crippen LogP contribution >= 0.6 is 0 Å². The normalized spacial score (nSPS) is 27.6. The Morgan fingerprint density at radius 2 is 1.79 bits per heavy atom. The smallest absolute Gasteiger partial charge is 0.335 e. The van der Waals surface area contributed by atoms with Gasteiger partial charge in [0.2, 0.25) is 0 Å². The minimum Gasteiger partial charge on any atom is -0.493 e. The number of likely N-dealkylation sites (tertiary alicyclic amines) is 1. The molecule has 0 radical (unpaired) electrons. The first-order valence-electron chi connectivity index (χ1n) is 12.1. The molecule has 2 aromatic rings. The number of fused-ring (bicyclic) bond motifs is 3. The van der Waals surface area contributed by atoms with Crippen molar-refractivity contribution in [2.45, 2.75) is 49.9 Å². The number of carbonyl (C=O) groups excluding carboxylic acids is 1. The molecule has 0 bridgehead atoms. The van der Waals surface area contributed by atoms with Gasteiger partial charge in [-0.15, -0.1) is 0 Å². The molecular weight excluding hydrogens is 419 g/mol. The molecule has 3 fully saturated rings. The third-order valence-corrected chi connectivity index (χ3v) is 7.72. The molecule has 2 amide bonds. The van der Waals surface area contributed by atoms with Crippen LogP contribution < -0.4 is 10.2 Å². The summed E-state index contributed by atoms with van der Waals surface area (Å²) in [5.41, 5.74) is 5.39. The van der Waals surface area contributed by atoms with Gasteiger partial charge in [-0.3, -0.25) is 5.01 Å². The van der Waals surface area contributed by atoms with Gasteiger partial charge in [0, 0.05) is 23.6 Å². The van der Waals surface area contributed by atoms with E-state index in [0.29, 0.717) is 18.4 Å². The lowest BCUT2D eigenvalue weighted by Gasteiger charge is -2.40. The first-order valence-corrected chi connectivity index (χ1v) is 12.1. The zero-order valence-electron chi connectivity index (χ0n) is 19.0. The number of benzene rings is 2. The molecule has 6 nitrogen and oxygen atoms in total. The van der Waals surface area contributed by atoms with Crippen molar-refractivity contribution in [1.29, 1.82) is 0 Å². The quantitative estimate of drug-likeness (QED) is 0.765. The van der Waals surface area contributed by atoms with Crippen molar-refractivity contribution in [3.63, 3.8) is 0 Å². The van der Waals surface area contributed by atoms with Gasteiger partial charge in [0.1, 0.15) is 11.6 Å². The lowest BCUT2D eigenvalue weighted by molar-refractivity contribution is 0.0795. The average molecular weight is 451 g/mol. The monoisotopic (exact) mass is 450 g/mol. The molecular formula is C26H31FN4O2. The van der Waals surface area contributed by atoms with Gasteiger partial charge in [-0.1, -0.05) is 30.3 Å². The molecule has 4 aliphatic rings. The van der Waals surface area contributed by atoms with E-state index in [9.17, 15) is 9.18 Å². The summed E-state index contributed by atoms with van der Waals surface area (Å²) in [5.74, 6) is 0.414. The van der Waals surface area contributed by atoms with Crippen LogP contribution in [0.1, 0.15) is 48.9 Å². The van der Waals surface area contributed by atoms with Crippen LogP contribution in [0.25, 0.3) is 0 Å². The van der Waals surface area contributed by atoms with Crippen molar-refractivity contribution in [2.24, 2.45) is 5.92 Å². The summed E-state index contributed by atoms with van der Waals surface area (Å²) >= 11 is 0. The molecule has 6 rings (SSSR count). The molecule has 1 N–H and O–H groups in total. The van der Waals surface area contributed by atoms with Gasteiger partial charge in [-0.05, 0) is 69.6 Å². The second kappa shape index (κ2) is 8.29. The summed E-state index contributed by atoms with van der Waals surface area (Å²) in [5, 5.41) is 1.84. The molecule has 3 aliphatic heterocycles. The predicted octanol–water partition coefficient (Wildman–Crippen LogP) is 4.12. The van der Waals surface area contributed by atoms with Crippen molar-refractivity contribution in [3.8, 4) is 5.75 Å². The van der Waals surface area contributed by atoms with E-state index in [4.69, 9.17) is 4.74 Å². The number of rotatable bonds is 3. The topological polar surface area (TPSA) is 48.0 Å². The van der Waals surface area contributed by atoms with Gasteiger partial charge in [0.15, 0.2) is 0 Å². The second-order valence-corrected chi connectivity index (χ2v) is 9.94. The highest BCUT2D eigenvalue weighted by Gasteiger charge is 2.51. The molecule has 1 unspecified atom stereocenters. The molecule has 2 aromatic carbocycles. The van der Waals surface area contributed by atoms with E-state index in [2.05, 4.69) is 34.4 Å². The third kappa shape index (κ3) is 3.77. The fourth-order valence-corrected chi connectivity index (χ4v) is 5.85. The number of piperidine rings is 1. The molecule has 3 heterocycles. The van der Waals surface area contributed by atoms with Crippen LogP contribution in [0.3, 0.4) is 0 Å². The highest BCUT2D eigenvalue weighted by molar-refractivity contribution is 5.76. The predicted molar refractivity (Wildman–Crippen MR) is 123 cm³/mol. The molecule has 1 aliphatic carbocycles. The highest BCUT2D eigenvalue weighted by atomic mass is 19.1. The largest absolute Gasteiger partial charge is 0.493 e. The number of urea groups is 1. The van der Waals surface area contributed by atoms with Gasteiger partial charge in [-0.25, -0.2) is 14.6 Å². The first-order chi connectivity index (χ1) is 16.1. The van der Waals surface area contributed by atoms with E-state index in [1.54, 1.807) is 12.1 Å². The number of amides is 2. The lowest BCUT2D eigenvalue weighted by Crippen LogP contribution is -2.54. The van der Waals surface area contributed by atoms with E-state index in [1.807, 2.05) is 23.2 Å². The van der Waals surface area contributed by atoms with Gasteiger partial charge in [0.25, 0.3) is 0 Å². The molecule has 0 aromatic heterocycles. The van der Waals surface area contributed by atoms with E-state index in [1.165, 1.54) is 6.07 Å². The van der Waals surface area contributed by atoms with E-state index in [0.717, 1.165) is 49.9 Å². The summed E-state index contributed by atoms with van der Waals surface area (Å²) in [6, 6.07) is 15.1. The van der Waals surface area contributed by atoms with Crippen LogP contribution in [0.2, 0.25) is 0 Å². The van der Waals surface area contributed by atoms with Gasteiger partial charge in [0.05, 0.1) is 18.7 Å². The molecule has 7 heteroatoms.